The maximum atomic E-state index is 12.5. The van der Waals surface area contributed by atoms with E-state index in [0.29, 0.717) is 15.9 Å². The average molecular weight is 210 g/mol. The Morgan fingerprint density at radius 3 is 2.57 bits per heavy atom. The number of nitrogen functional groups attached to an aromatic ring is 1. The molecule has 0 saturated heterocycles. The van der Waals surface area contributed by atoms with Crippen LogP contribution in [0.25, 0.3) is 0 Å². The smallest absolute Gasteiger partial charge is 0.280 e. The van der Waals surface area contributed by atoms with Crippen molar-refractivity contribution in [2.45, 2.75) is 0 Å². The second kappa shape index (κ2) is 3.63. The van der Waals surface area contributed by atoms with Crippen molar-refractivity contribution in [3.8, 4) is 10.9 Å². The summed E-state index contributed by atoms with van der Waals surface area (Å²) >= 11 is 1.24. The van der Waals surface area contributed by atoms with Crippen LogP contribution in [0.2, 0.25) is 0 Å². The van der Waals surface area contributed by atoms with Crippen LogP contribution in [0.5, 0.6) is 10.9 Å². The third-order valence-corrected chi connectivity index (χ3v) is 2.23. The monoisotopic (exact) mass is 210 g/mol. The van der Waals surface area contributed by atoms with Gasteiger partial charge in [-0.15, -0.1) is 0 Å². The van der Waals surface area contributed by atoms with Gasteiger partial charge in [0.05, 0.1) is 6.20 Å². The highest BCUT2D eigenvalue weighted by Crippen LogP contribution is 2.27. The topological polar surface area (TPSA) is 48.1 Å². The molecule has 0 unspecified atom stereocenters. The highest BCUT2D eigenvalue weighted by Gasteiger charge is 2.01. The third-order valence-electron chi connectivity index (χ3n) is 1.52. The van der Waals surface area contributed by atoms with Crippen molar-refractivity contribution in [2.75, 3.05) is 5.73 Å². The van der Waals surface area contributed by atoms with Gasteiger partial charge in [-0.05, 0) is 24.3 Å². The van der Waals surface area contributed by atoms with E-state index >= 15 is 0 Å². The average Bonchev–Trinajstić information content (AvgIpc) is 2.56. The fraction of sp³-hybridized carbons (Fsp3) is 0. The highest BCUT2D eigenvalue weighted by molar-refractivity contribution is 7.17. The van der Waals surface area contributed by atoms with Crippen molar-refractivity contribution in [2.24, 2.45) is 0 Å². The number of hydrogen-bond acceptors (Lipinski definition) is 4. The Bertz CT molecular complexity index is 427. The first-order chi connectivity index (χ1) is 6.74. The highest BCUT2D eigenvalue weighted by atomic mass is 32.1. The Morgan fingerprint density at radius 1 is 1.29 bits per heavy atom. The van der Waals surface area contributed by atoms with E-state index in [4.69, 9.17) is 10.5 Å². The van der Waals surface area contributed by atoms with Gasteiger partial charge in [0, 0.05) is 0 Å². The number of nitrogens with zero attached hydrogens (tertiary/aromatic N) is 1. The number of thiazole rings is 1. The molecule has 3 nitrogen and oxygen atoms in total. The minimum atomic E-state index is -0.295. The maximum absolute atomic E-state index is 12.5. The van der Waals surface area contributed by atoms with Gasteiger partial charge in [0.25, 0.3) is 5.19 Å². The van der Waals surface area contributed by atoms with Crippen LogP contribution < -0.4 is 10.5 Å². The van der Waals surface area contributed by atoms with E-state index in [-0.39, 0.29) is 5.82 Å². The molecule has 0 radical (unpaired) electrons. The van der Waals surface area contributed by atoms with Crippen LogP contribution in [0.4, 0.5) is 9.39 Å². The summed E-state index contributed by atoms with van der Waals surface area (Å²) in [7, 11) is 0. The number of aromatic nitrogens is 1. The molecule has 1 heterocycles. The summed E-state index contributed by atoms with van der Waals surface area (Å²) in [4.78, 5) is 3.91. The Morgan fingerprint density at radius 2 is 2.00 bits per heavy atom. The Balaban J connectivity index is 2.15. The van der Waals surface area contributed by atoms with Crippen LogP contribution in [0.15, 0.2) is 30.5 Å². The van der Waals surface area contributed by atoms with E-state index in [1.807, 2.05) is 0 Å². The molecule has 0 aliphatic carbocycles. The Kier molecular flexibility index (Phi) is 2.32. The molecule has 0 spiro atoms. The first kappa shape index (κ1) is 8.96. The molecule has 2 aromatic rings. The normalized spacial score (nSPS) is 10.1. The van der Waals surface area contributed by atoms with Gasteiger partial charge in [-0.25, -0.2) is 9.37 Å². The van der Waals surface area contributed by atoms with Crippen LogP contribution in [0.3, 0.4) is 0 Å². The van der Waals surface area contributed by atoms with Crippen LogP contribution in [0.1, 0.15) is 0 Å². The van der Waals surface area contributed by atoms with E-state index in [1.54, 1.807) is 0 Å². The van der Waals surface area contributed by atoms with E-state index in [2.05, 4.69) is 4.98 Å². The van der Waals surface area contributed by atoms with Gasteiger partial charge < -0.3 is 10.5 Å². The van der Waals surface area contributed by atoms with Gasteiger partial charge in [-0.2, -0.15) is 0 Å². The fourth-order valence-corrected chi connectivity index (χ4v) is 1.47. The van der Waals surface area contributed by atoms with Crippen molar-refractivity contribution < 1.29 is 9.13 Å². The molecule has 72 valence electrons. The van der Waals surface area contributed by atoms with Crippen LogP contribution in [0, 0.1) is 5.82 Å². The first-order valence-corrected chi connectivity index (χ1v) is 4.70. The van der Waals surface area contributed by atoms with Crippen LogP contribution >= 0.6 is 11.3 Å². The van der Waals surface area contributed by atoms with Crippen molar-refractivity contribution in [1.29, 1.82) is 0 Å². The molecule has 0 fully saturated rings. The molecule has 0 saturated carbocycles. The predicted molar refractivity (Wildman–Crippen MR) is 53.0 cm³/mol. The molecular formula is C9H7FN2OS. The first-order valence-electron chi connectivity index (χ1n) is 3.89. The summed E-state index contributed by atoms with van der Waals surface area (Å²) in [6.45, 7) is 0. The Labute approximate surface area is 84.0 Å². The van der Waals surface area contributed by atoms with E-state index in [0.717, 1.165) is 0 Å². The van der Waals surface area contributed by atoms with E-state index in [9.17, 15) is 4.39 Å². The standard InChI is InChI=1S/C9H7FN2OS/c10-6-1-3-7(4-2-6)13-9-12-5-8(11)14-9/h1-5H,11H2. The maximum Gasteiger partial charge on any atom is 0.280 e. The number of benzene rings is 1. The molecule has 0 amide bonds. The second-order valence-electron chi connectivity index (χ2n) is 2.58. The zero-order chi connectivity index (χ0) is 9.97. The molecule has 0 aliphatic heterocycles. The van der Waals surface area contributed by atoms with Crippen LogP contribution in [-0.4, -0.2) is 4.98 Å². The van der Waals surface area contributed by atoms with Gasteiger partial charge in [-0.1, -0.05) is 11.3 Å². The SMILES string of the molecule is Nc1cnc(Oc2ccc(F)cc2)s1. The molecule has 1 aromatic carbocycles. The second-order valence-corrected chi connectivity index (χ2v) is 3.61. The van der Waals surface area contributed by atoms with Crippen molar-refractivity contribution in [1.82, 2.24) is 4.98 Å². The summed E-state index contributed by atoms with van der Waals surface area (Å²) in [6.07, 6.45) is 1.52. The summed E-state index contributed by atoms with van der Waals surface area (Å²) in [5.41, 5.74) is 5.47. The minimum Gasteiger partial charge on any atom is -0.431 e. The lowest BCUT2D eigenvalue weighted by Gasteiger charge is -1.99. The summed E-state index contributed by atoms with van der Waals surface area (Å²) in [6, 6.07) is 5.72. The molecule has 2 N–H and O–H groups in total. The van der Waals surface area contributed by atoms with Crippen molar-refractivity contribution >= 4 is 16.3 Å². The number of nitrogens with two attached hydrogens (primary N) is 1. The zero-order valence-corrected chi connectivity index (χ0v) is 7.92. The lowest BCUT2D eigenvalue weighted by Crippen LogP contribution is -1.82. The number of ether oxygens (including phenoxy) is 1. The Hall–Kier alpha value is -1.62. The molecule has 2 rings (SSSR count). The zero-order valence-electron chi connectivity index (χ0n) is 7.11. The van der Waals surface area contributed by atoms with Gasteiger partial charge in [0.1, 0.15) is 16.6 Å². The van der Waals surface area contributed by atoms with Crippen LogP contribution in [-0.2, 0) is 0 Å². The van der Waals surface area contributed by atoms with E-state index < -0.39 is 0 Å². The van der Waals surface area contributed by atoms with Gasteiger partial charge >= 0.3 is 0 Å². The molecule has 0 aliphatic rings. The lowest BCUT2D eigenvalue weighted by molar-refractivity contribution is 0.477. The minimum absolute atomic E-state index is 0.295. The fourth-order valence-electron chi connectivity index (χ4n) is 0.920. The largest absolute Gasteiger partial charge is 0.431 e. The quantitative estimate of drug-likeness (QED) is 0.828. The van der Waals surface area contributed by atoms with Crippen molar-refractivity contribution in [3.63, 3.8) is 0 Å². The van der Waals surface area contributed by atoms with Gasteiger partial charge in [0.15, 0.2) is 0 Å². The molecule has 0 bridgehead atoms. The molecule has 1 aromatic heterocycles. The lowest BCUT2D eigenvalue weighted by atomic mass is 10.3. The van der Waals surface area contributed by atoms with E-state index in [1.165, 1.54) is 41.8 Å². The predicted octanol–water partition coefficient (Wildman–Crippen LogP) is 2.66. The number of hydrogen-bond donors (Lipinski definition) is 1. The molecule has 0 atom stereocenters. The number of rotatable bonds is 2. The summed E-state index contributed by atoms with van der Waals surface area (Å²) < 4.78 is 17.9. The number of halogens is 1. The molecule has 5 heteroatoms. The molecular weight excluding hydrogens is 203 g/mol. The van der Waals surface area contributed by atoms with Gasteiger partial charge in [0.2, 0.25) is 0 Å². The molecule has 14 heavy (non-hydrogen) atoms. The summed E-state index contributed by atoms with van der Waals surface area (Å²) in [5.74, 6) is 0.247. The third kappa shape index (κ3) is 2.00. The van der Waals surface area contributed by atoms with Crippen molar-refractivity contribution in [3.05, 3.63) is 36.3 Å². The summed E-state index contributed by atoms with van der Waals surface area (Å²) in [5, 5.41) is 1.04. The van der Waals surface area contributed by atoms with Gasteiger partial charge in [-0.3, -0.25) is 0 Å². The number of anilines is 1.